The Labute approximate surface area is 214 Å². The first-order chi connectivity index (χ1) is 17.7. The number of aliphatic hydroxyl groups is 10. The summed E-state index contributed by atoms with van der Waals surface area (Å²) in [6, 6.07) is 0. The Kier molecular flexibility index (Phi) is 11.0. The molecule has 20 heteroatoms. The third kappa shape index (κ3) is 7.22. The molecule has 0 saturated carbocycles. The molecule has 3 rings (SSSR count). The lowest BCUT2D eigenvalue weighted by Crippen LogP contribution is -2.65. The smallest absolute Gasteiger partial charge is 0.394 e. The van der Waals surface area contributed by atoms with Crippen LogP contribution in [0.5, 0.6) is 0 Å². The first-order valence-corrected chi connectivity index (χ1v) is 12.9. The van der Waals surface area contributed by atoms with Crippen molar-refractivity contribution in [1.82, 2.24) is 0 Å². The summed E-state index contributed by atoms with van der Waals surface area (Å²) in [4.78, 5) is 17.8. The van der Waals surface area contributed by atoms with E-state index in [1.165, 1.54) is 0 Å². The summed E-state index contributed by atoms with van der Waals surface area (Å²) >= 11 is 0. The first-order valence-electron chi connectivity index (χ1n) is 11.3. The van der Waals surface area contributed by atoms with E-state index in [4.69, 9.17) is 33.5 Å². The normalized spacial score (nSPS) is 48.7. The average Bonchev–Trinajstić information content (AvgIpc) is 2.86. The van der Waals surface area contributed by atoms with Crippen LogP contribution in [0.3, 0.4) is 0 Å². The van der Waals surface area contributed by atoms with E-state index < -0.39 is 120 Å². The summed E-state index contributed by atoms with van der Waals surface area (Å²) in [6.07, 6.45) is -26.9. The van der Waals surface area contributed by atoms with E-state index in [2.05, 4.69) is 4.52 Å². The second kappa shape index (κ2) is 13.0. The fourth-order valence-electron chi connectivity index (χ4n) is 4.09. The fourth-order valence-corrected chi connectivity index (χ4v) is 4.43. The van der Waals surface area contributed by atoms with Gasteiger partial charge in [0.1, 0.15) is 73.2 Å². The van der Waals surface area contributed by atoms with Gasteiger partial charge in [-0.1, -0.05) is 0 Å². The molecule has 15 atom stereocenters. The van der Waals surface area contributed by atoms with Gasteiger partial charge in [0, 0.05) is 0 Å². The highest BCUT2D eigenvalue weighted by Gasteiger charge is 2.52. The number of ether oxygens (including phenoxy) is 5. The largest absolute Gasteiger partial charge is 0.469 e. The molecule has 38 heavy (non-hydrogen) atoms. The van der Waals surface area contributed by atoms with E-state index in [1.807, 2.05) is 0 Å². The zero-order chi connectivity index (χ0) is 28.5. The van der Waals surface area contributed by atoms with Gasteiger partial charge in [0.25, 0.3) is 0 Å². The number of rotatable bonds is 9. The van der Waals surface area contributed by atoms with E-state index in [9.17, 15) is 55.6 Å². The van der Waals surface area contributed by atoms with Gasteiger partial charge in [-0.05, 0) is 0 Å². The van der Waals surface area contributed by atoms with Gasteiger partial charge in [-0.2, -0.15) is 0 Å². The maximum Gasteiger partial charge on any atom is 0.469 e. The summed E-state index contributed by atoms with van der Waals surface area (Å²) < 4.78 is 41.8. The van der Waals surface area contributed by atoms with Crippen LogP contribution in [0.1, 0.15) is 0 Å². The van der Waals surface area contributed by atoms with E-state index in [0.29, 0.717) is 0 Å². The van der Waals surface area contributed by atoms with Crippen LogP contribution in [0.4, 0.5) is 0 Å². The highest BCUT2D eigenvalue weighted by Crippen LogP contribution is 2.37. The summed E-state index contributed by atoms with van der Waals surface area (Å²) in [6.45, 7) is -2.45. The highest BCUT2D eigenvalue weighted by molar-refractivity contribution is 7.46. The predicted molar refractivity (Wildman–Crippen MR) is 112 cm³/mol. The number of phosphoric acid groups is 1. The third-order valence-electron chi connectivity index (χ3n) is 6.30. The topological polar surface area (TPSA) is 315 Å². The van der Waals surface area contributed by atoms with Crippen LogP contribution in [-0.4, -0.2) is 173 Å². The predicted octanol–water partition coefficient (Wildman–Crippen LogP) is -7.46. The lowest BCUT2D eigenvalue weighted by molar-refractivity contribution is -0.372. The SMILES string of the molecule is O=P(O)(O)OC[C@H]1O[C@H](O[C@@H]2[C@@H](OC[C@H]3O[C@H](O)[C@@H](O)[C@@H](O)[C@@H]3O)O[C@H](CO)[C@@H](O)[C@@H]2O)[C@@H](O)[C@@H](O)[C@@H]1O. The highest BCUT2D eigenvalue weighted by atomic mass is 31.2. The molecule has 0 aromatic rings. The summed E-state index contributed by atoms with van der Waals surface area (Å²) in [5.74, 6) is 0. The lowest BCUT2D eigenvalue weighted by atomic mass is 9.97. The number of hydrogen-bond donors (Lipinski definition) is 12. The van der Waals surface area contributed by atoms with Gasteiger partial charge in [-0.3, -0.25) is 4.52 Å². The van der Waals surface area contributed by atoms with Crippen molar-refractivity contribution in [2.45, 2.75) is 92.1 Å². The molecule has 19 nitrogen and oxygen atoms in total. The van der Waals surface area contributed by atoms with E-state index in [1.54, 1.807) is 0 Å². The molecule has 12 N–H and O–H groups in total. The van der Waals surface area contributed by atoms with Gasteiger partial charge in [-0.15, -0.1) is 0 Å². The van der Waals surface area contributed by atoms with Crippen molar-refractivity contribution in [2.24, 2.45) is 0 Å². The Morgan fingerprint density at radius 1 is 0.605 bits per heavy atom. The van der Waals surface area contributed by atoms with Crippen LogP contribution in [0, 0.1) is 0 Å². The number of aliphatic hydroxyl groups excluding tert-OH is 10. The minimum atomic E-state index is -5.02. The molecule has 0 amide bonds. The molecule has 0 aromatic heterocycles. The molecular weight excluding hydrogens is 551 g/mol. The molecule has 0 aliphatic carbocycles. The lowest BCUT2D eigenvalue weighted by Gasteiger charge is -2.46. The second-order valence-corrected chi connectivity index (χ2v) is 10.2. The van der Waals surface area contributed by atoms with E-state index >= 15 is 0 Å². The van der Waals surface area contributed by atoms with Crippen molar-refractivity contribution in [1.29, 1.82) is 0 Å². The van der Waals surface area contributed by atoms with Gasteiger partial charge in [0.05, 0.1) is 19.8 Å². The number of phosphoric ester groups is 1. The van der Waals surface area contributed by atoms with Crippen molar-refractivity contribution in [3.05, 3.63) is 0 Å². The third-order valence-corrected chi connectivity index (χ3v) is 6.79. The summed E-state index contributed by atoms with van der Waals surface area (Å²) in [7, 11) is -5.02. The quantitative estimate of drug-likeness (QED) is 0.112. The zero-order valence-electron chi connectivity index (χ0n) is 19.5. The monoisotopic (exact) mass is 584 g/mol. The van der Waals surface area contributed by atoms with Crippen LogP contribution in [0.2, 0.25) is 0 Å². The molecule has 224 valence electrons. The van der Waals surface area contributed by atoms with Crippen LogP contribution < -0.4 is 0 Å². The van der Waals surface area contributed by atoms with Crippen molar-refractivity contribution in [2.75, 3.05) is 19.8 Å². The Hall–Kier alpha value is -0.490. The molecular formula is C18H33O19P. The van der Waals surface area contributed by atoms with Crippen LogP contribution in [0.15, 0.2) is 0 Å². The van der Waals surface area contributed by atoms with Crippen molar-refractivity contribution in [3.63, 3.8) is 0 Å². The minimum absolute atomic E-state index is 0.679. The van der Waals surface area contributed by atoms with E-state index in [-0.39, 0.29) is 0 Å². The van der Waals surface area contributed by atoms with Crippen molar-refractivity contribution in [3.8, 4) is 0 Å². The fraction of sp³-hybridized carbons (Fsp3) is 1.00. The maximum absolute atomic E-state index is 11.0. The van der Waals surface area contributed by atoms with E-state index in [0.717, 1.165) is 0 Å². The zero-order valence-corrected chi connectivity index (χ0v) is 20.3. The Bertz CT molecular complexity index is 800. The van der Waals surface area contributed by atoms with Gasteiger partial charge < -0.3 is 84.5 Å². The second-order valence-electron chi connectivity index (χ2n) is 8.98. The molecule has 0 radical (unpaired) electrons. The molecule has 3 aliphatic heterocycles. The van der Waals surface area contributed by atoms with Gasteiger partial charge >= 0.3 is 7.82 Å². The molecule has 3 heterocycles. The van der Waals surface area contributed by atoms with Crippen molar-refractivity contribution >= 4 is 7.82 Å². The first kappa shape index (κ1) is 32.0. The molecule has 0 bridgehead atoms. The molecule has 3 fully saturated rings. The molecule has 0 unspecified atom stereocenters. The van der Waals surface area contributed by atoms with Crippen LogP contribution >= 0.6 is 7.82 Å². The average molecular weight is 584 g/mol. The number of hydrogen-bond acceptors (Lipinski definition) is 17. The van der Waals surface area contributed by atoms with Gasteiger partial charge in [0.15, 0.2) is 18.9 Å². The molecule has 0 aromatic carbocycles. The minimum Gasteiger partial charge on any atom is -0.394 e. The molecule has 3 saturated heterocycles. The maximum atomic E-state index is 11.0. The molecule has 3 aliphatic rings. The summed E-state index contributed by atoms with van der Waals surface area (Å²) in [5, 5.41) is 100. The van der Waals surface area contributed by atoms with Crippen LogP contribution in [-0.2, 0) is 32.8 Å². The van der Waals surface area contributed by atoms with Crippen LogP contribution in [0.25, 0.3) is 0 Å². The Balaban J connectivity index is 1.75. The standard InChI is InChI=1S/C18H33O19P/c19-1-4-7(20)12(25)15(18(35-4)32-2-5-8(21)10(23)13(26)16(28)34-5)37-17-14(27)11(24)9(22)6(36-17)3-33-38(29,30)31/h4-28H,1-3H2,(H2,29,30,31)/t4-,5-,6-,7-,8-,9-,10+,11+,12+,13+,14+,15+,16+,17-,18+/m1/s1. The molecule has 0 spiro atoms. The van der Waals surface area contributed by atoms with Gasteiger partial charge in [-0.25, -0.2) is 4.57 Å². The Morgan fingerprint density at radius 3 is 1.71 bits per heavy atom. The Morgan fingerprint density at radius 2 is 1.13 bits per heavy atom. The summed E-state index contributed by atoms with van der Waals surface area (Å²) in [5.41, 5.74) is 0. The van der Waals surface area contributed by atoms with Gasteiger partial charge in [0.2, 0.25) is 0 Å². The van der Waals surface area contributed by atoms with Crippen molar-refractivity contribution < 1.29 is 93.6 Å².